The zero-order valence-corrected chi connectivity index (χ0v) is 31.2. The number of ether oxygens (including phenoxy) is 3. The predicted octanol–water partition coefficient (Wildman–Crippen LogP) is 5.42. The molecule has 2 fully saturated rings. The molecule has 1 amide bonds. The zero-order valence-electron chi connectivity index (χ0n) is 31.2. The number of aliphatic hydroxyl groups excluding tert-OH is 1. The molecule has 2 aliphatic rings. The molecule has 50 heavy (non-hydrogen) atoms. The number of aliphatic imine (C=N–C) groups is 1. The maximum atomic E-state index is 13.6. The van der Waals surface area contributed by atoms with E-state index in [9.17, 15) is 19.8 Å². The molecule has 2 aromatic rings. The van der Waals surface area contributed by atoms with E-state index in [1.54, 1.807) is 36.9 Å². The summed E-state index contributed by atoms with van der Waals surface area (Å²) in [7, 11) is 0. The molecule has 12 heteroatoms. The second-order valence-corrected chi connectivity index (χ2v) is 14.9. The number of nitrogens with zero attached hydrogens (tertiary/aromatic N) is 4. The minimum absolute atomic E-state index is 0.0155. The van der Waals surface area contributed by atoms with E-state index in [0.29, 0.717) is 23.6 Å². The minimum atomic E-state index is -1.74. The summed E-state index contributed by atoms with van der Waals surface area (Å²) in [6.45, 7) is 18.3. The zero-order chi connectivity index (χ0) is 37.0. The molecule has 10 atom stereocenters. The molecule has 0 spiro atoms. The molecule has 4 rings (SSSR count). The number of carbonyl (C=O) groups is 2. The number of carbonyl (C=O) groups excluding carboxylic acids is 2. The van der Waals surface area contributed by atoms with Gasteiger partial charge in [0.15, 0.2) is 5.75 Å². The third kappa shape index (κ3) is 8.70. The lowest BCUT2D eigenvalue weighted by Gasteiger charge is -2.47. The van der Waals surface area contributed by atoms with Crippen LogP contribution in [0.25, 0.3) is 5.69 Å². The standard InChI is InChI=1S/C38H56N4O8/c1-11-31-38(10,46)35-25(6)33(40-27(8)43)23(4)19-37(9,32(22(2)3)24(5)34(44)26(7)36(45)49-31)48-21-28(20-47-35)41-50-30-15-13-29(14-16-30)42-18-12-17-39-42/h12-18,22-26,31-32,34-35,44,46H,11,19-21H2,1-10H3/b40-33?,41-28+/t23-,24-,25+,26-,31-,32-,34+,35?,37-,38-/m1/s1. The Kier molecular flexibility index (Phi) is 12.8. The Morgan fingerprint density at radius 3 is 2.38 bits per heavy atom. The van der Waals surface area contributed by atoms with Gasteiger partial charge >= 0.3 is 5.97 Å². The lowest BCUT2D eigenvalue weighted by molar-refractivity contribution is -0.195. The Labute approximate surface area is 296 Å². The normalized spacial score (nSPS) is 36.4. The maximum absolute atomic E-state index is 13.6. The van der Waals surface area contributed by atoms with Crippen LogP contribution in [0.4, 0.5) is 0 Å². The second kappa shape index (κ2) is 16.3. The minimum Gasteiger partial charge on any atom is -0.459 e. The van der Waals surface area contributed by atoms with Crippen LogP contribution in [-0.2, 0) is 23.8 Å². The molecular formula is C38H56N4O8. The first kappa shape index (κ1) is 39.3. The van der Waals surface area contributed by atoms with Gasteiger partial charge in [0.05, 0.1) is 42.6 Å². The summed E-state index contributed by atoms with van der Waals surface area (Å²) < 4.78 is 21.2. The predicted molar refractivity (Wildman–Crippen MR) is 190 cm³/mol. The van der Waals surface area contributed by atoms with E-state index >= 15 is 0 Å². The lowest BCUT2D eigenvalue weighted by atomic mass is 9.66. The fourth-order valence-electron chi connectivity index (χ4n) is 8.27. The van der Waals surface area contributed by atoms with Crippen LogP contribution in [0.2, 0.25) is 0 Å². The van der Waals surface area contributed by atoms with E-state index in [1.165, 1.54) is 6.92 Å². The van der Waals surface area contributed by atoms with Crippen LogP contribution in [0.1, 0.15) is 82.1 Å². The number of oxime groups is 1. The summed E-state index contributed by atoms with van der Waals surface area (Å²) in [5.74, 6) is -2.91. The maximum Gasteiger partial charge on any atom is 0.311 e. The van der Waals surface area contributed by atoms with Crippen LogP contribution in [-0.4, -0.2) is 86.0 Å². The van der Waals surface area contributed by atoms with Crippen molar-refractivity contribution < 1.29 is 38.9 Å². The average Bonchev–Trinajstić information content (AvgIpc) is 3.60. The molecular weight excluding hydrogens is 640 g/mol. The van der Waals surface area contributed by atoms with Gasteiger partial charge in [-0.3, -0.25) is 9.59 Å². The van der Waals surface area contributed by atoms with E-state index in [2.05, 4.69) is 29.1 Å². The number of fused-ring (bicyclic) bond motifs is 5. The molecule has 2 saturated heterocycles. The van der Waals surface area contributed by atoms with Crippen molar-refractivity contribution in [2.45, 2.75) is 112 Å². The van der Waals surface area contributed by atoms with Crippen molar-refractivity contribution in [2.24, 2.45) is 45.7 Å². The third-order valence-corrected chi connectivity index (χ3v) is 10.6. The molecule has 276 valence electrons. The molecule has 2 N–H and O–H groups in total. The number of amides is 1. The number of esters is 1. The van der Waals surface area contributed by atoms with Crippen molar-refractivity contribution in [1.82, 2.24) is 9.78 Å². The number of aromatic nitrogens is 2. The fourth-order valence-corrected chi connectivity index (χ4v) is 8.27. The Morgan fingerprint density at radius 2 is 1.80 bits per heavy atom. The van der Waals surface area contributed by atoms with Crippen LogP contribution in [0.5, 0.6) is 5.75 Å². The third-order valence-electron chi connectivity index (χ3n) is 10.6. The van der Waals surface area contributed by atoms with Crippen LogP contribution < -0.4 is 4.84 Å². The monoisotopic (exact) mass is 696 g/mol. The number of hydrogen-bond acceptors (Lipinski definition) is 10. The van der Waals surface area contributed by atoms with Crippen LogP contribution >= 0.6 is 0 Å². The Bertz CT molecular complexity index is 1500. The fraction of sp³-hybridized carbons (Fsp3) is 0.658. The number of aliphatic hydroxyl groups is 2. The highest BCUT2D eigenvalue weighted by molar-refractivity contribution is 5.98. The number of cyclic esters (lactones) is 1. The van der Waals surface area contributed by atoms with Gasteiger partial charge in [-0.05, 0) is 87.6 Å². The molecule has 3 heterocycles. The van der Waals surface area contributed by atoms with Gasteiger partial charge in [-0.25, -0.2) is 9.67 Å². The van der Waals surface area contributed by atoms with Crippen LogP contribution in [0.15, 0.2) is 52.9 Å². The van der Waals surface area contributed by atoms with Crippen molar-refractivity contribution in [3.05, 3.63) is 42.7 Å². The molecule has 1 unspecified atom stereocenters. The summed E-state index contributed by atoms with van der Waals surface area (Å²) in [4.78, 5) is 36.6. The molecule has 0 saturated carbocycles. The van der Waals surface area contributed by atoms with Crippen molar-refractivity contribution in [3.8, 4) is 11.4 Å². The SMILES string of the molecule is CC[C@H]1OC(=O)[C@H](C)[C@@H](O)[C@H](C)[C@@H](C(C)C)[C@@]2(C)C[C@@H](C)C(=NC(C)=O)[C@H](C)C(OC/C(=N\Oc3ccc(-n4cccn4)cc3)CO2)[C@]1(C)O. The first-order valence-corrected chi connectivity index (χ1v) is 17.8. The number of hydrogen-bond donors (Lipinski definition) is 2. The Balaban J connectivity index is 1.88. The van der Waals surface area contributed by atoms with Crippen molar-refractivity contribution in [2.75, 3.05) is 13.2 Å². The first-order valence-electron chi connectivity index (χ1n) is 17.8. The topological polar surface area (TPSA) is 154 Å². The molecule has 12 nitrogen and oxygen atoms in total. The molecule has 0 radical (unpaired) electrons. The highest BCUT2D eigenvalue weighted by Crippen LogP contribution is 2.44. The van der Waals surface area contributed by atoms with Gasteiger partial charge in [0.25, 0.3) is 0 Å². The second-order valence-electron chi connectivity index (χ2n) is 14.9. The molecule has 1 aromatic carbocycles. The van der Waals surface area contributed by atoms with Gasteiger partial charge in [-0.1, -0.05) is 46.7 Å². The van der Waals surface area contributed by atoms with Gasteiger partial charge in [0.1, 0.15) is 17.4 Å². The van der Waals surface area contributed by atoms with Crippen molar-refractivity contribution >= 4 is 23.3 Å². The highest BCUT2D eigenvalue weighted by atomic mass is 16.6. The summed E-state index contributed by atoms with van der Waals surface area (Å²) in [5.41, 5.74) is -0.816. The quantitative estimate of drug-likeness (QED) is 0.308. The van der Waals surface area contributed by atoms with Crippen molar-refractivity contribution in [3.63, 3.8) is 0 Å². The molecule has 2 aliphatic heterocycles. The highest BCUT2D eigenvalue weighted by Gasteiger charge is 2.51. The molecule has 0 aliphatic carbocycles. The van der Waals surface area contributed by atoms with Gasteiger partial charge < -0.3 is 29.3 Å². The lowest BCUT2D eigenvalue weighted by Crippen LogP contribution is -2.58. The van der Waals surface area contributed by atoms with E-state index in [4.69, 9.17) is 19.0 Å². The van der Waals surface area contributed by atoms with Crippen LogP contribution in [0, 0.1) is 35.5 Å². The van der Waals surface area contributed by atoms with Crippen molar-refractivity contribution in [1.29, 1.82) is 0 Å². The summed E-state index contributed by atoms with van der Waals surface area (Å²) in [5, 5.41) is 32.8. The number of rotatable bonds is 5. The first-order chi connectivity index (χ1) is 23.5. The van der Waals surface area contributed by atoms with Crippen LogP contribution in [0.3, 0.4) is 0 Å². The number of benzene rings is 1. The van der Waals surface area contributed by atoms with Gasteiger partial charge in [-0.15, -0.1) is 0 Å². The Hall–Kier alpha value is -3.45. The molecule has 2 bridgehead atoms. The Morgan fingerprint density at radius 1 is 1.12 bits per heavy atom. The summed E-state index contributed by atoms with van der Waals surface area (Å²) in [6.07, 6.45) is 1.19. The molecule has 1 aromatic heterocycles. The summed E-state index contributed by atoms with van der Waals surface area (Å²) in [6, 6.07) is 9.15. The average molecular weight is 697 g/mol. The van der Waals surface area contributed by atoms with Gasteiger partial charge in [0.2, 0.25) is 5.91 Å². The van der Waals surface area contributed by atoms with E-state index < -0.39 is 53.2 Å². The largest absolute Gasteiger partial charge is 0.459 e. The van der Waals surface area contributed by atoms with E-state index in [0.717, 1.165) is 5.69 Å². The van der Waals surface area contributed by atoms with E-state index in [1.807, 2.05) is 59.0 Å². The summed E-state index contributed by atoms with van der Waals surface area (Å²) >= 11 is 0. The van der Waals surface area contributed by atoms with Gasteiger partial charge in [-0.2, -0.15) is 5.10 Å². The van der Waals surface area contributed by atoms with Gasteiger partial charge in [0, 0.05) is 30.9 Å². The van der Waals surface area contributed by atoms with E-state index in [-0.39, 0.29) is 43.3 Å². The smallest absolute Gasteiger partial charge is 0.311 e.